The molecule has 1 aromatic heterocycles. The summed E-state index contributed by atoms with van der Waals surface area (Å²) in [7, 11) is 1.66. The quantitative estimate of drug-likeness (QED) is 0.751. The molecule has 2 aromatic rings. The van der Waals surface area contributed by atoms with Gasteiger partial charge in [0.15, 0.2) is 0 Å². The van der Waals surface area contributed by atoms with E-state index in [0.717, 1.165) is 24.8 Å². The number of amides is 2. The number of rotatable bonds is 4. The van der Waals surface area contributed by atoms with Crippen LogP contribution < -0.4 is 0 Å². The number of carbonyl (C=O) groups is 2. The van der Waals surface area contributed by atoms with Crippen molar-refractivity contribution in [2.75, 3.05) is 20.1 Å². The molecule has 0 radical (unpaired) electrons. The second-order valence-electron chi connectivity index (χ2n) is 8.48. The van der Waals surface area contributed by atoms with E-state index in [1.54, 1.807) is 24.1 Å². The average Bonchev–Trinajstić information content (AvgIpc) is 3.16. The lowest BCUT2D eigenvalue weighted by atomic mass is 9.95. The fourth-order valence-electron chi connectivity index (χ4n) is 3.54. The normalized spacial score (nSPS) is 17.3. The van der Waals surface area contributed by atoms with Gasteiger partial charge in [-0.2, -0.15) is 4.98 Å². The van der Waals surface area contributed by atoms with Crippen molar-refractivity contribution in [3.8, 4) is 11.4 Å². The highest BCUT2D eigenvalue weighted by Crippen LogP contribution is 2.31. The van der Waals surface area contributed by atoms with Crippen LogP contribution in [0, 0.1) is 5.41 Å². The van der Waals surface area contributed by atoms with Gasteiger partial charge in [0, 0.05) is 29.6 Å². The second-order valence-corrected chi connectivity index (χ2v) is 8.91. The highest BCUT2D eigenvalue weighted by Gasteiger charge is 2.34. The Kier molecular flexibility index (Phi) is 6.27. The van der Waals surface area contributed by atoms with Crippen molar-refractivity contribution in [3.05, 3.63) is 35.2 Å². The van der Waals surface area contributed by atoms with E-state index in [1.807, 2.05) is 32.9 Å². The molecule has 0 aliphatic carbocycles. The Labute approximate surface area is 176 Å². The van der Waals surface area contributed by atoms with Gasteiger partial charge in [-0.05, 0) is 31.4 Å². The van der Waals surface area contributed by atoms with Gasteiger partial charge < -0.3 is 14.3 Å². The fourth-order valence-corrected chi connectivity index (χ4v) is 3.73. The van der Waals surface area contributed by atoms with Crippen molar-refractivity contribution in [2.45, 2.75) is 46.1 Å². The predicted molar refractivity (Wildman–Crippen MR) is 110 cm³/mol. The topological polar surface area (TPSA) is 79.5 Å². The number of likely N-dealkylation sites (N-methyl/N-ethyl adjacent to an activating group) is 1. The number of piperidine rings is 1. The maximum Gasteiger partial charge on any atom is 0.249 e. The summed E-state index contributed by atoms with van der Waals surface area (Å²) >= 11 is 6.05. The maximum absolute atomic E-state index is 13.0. The van der Waals surface area contributed by atoms with Crippen LogP contribution in [-0.2, 0) is 9.59 Å². The molecule has 8 heteroatoms. The largest absolute Gasteiger partial charge is 0.337 e. The first kappa shape index (κ1) is 21.3. The number of halogens is 1. The number of likely N-dealkylation sites (tertiary alicyclic amines) is 1. The molecular weight excluding hydrogens is 392 g/mol. The van der Waals surface area contributed by atoms with Crippen LogP contribution in [0.15, 0.2) is 28.8 Å². The molecule has 7 nitrogen and oxygen atoms in total. The summed E-state index contributed by atoms with van der Waals surface area (Å²) in [5, 5.41) is 4.66. The fraction of sp³-hybridized carbons (Fsp3) is 0.524. The van der Waals surface area contributed by atoms with E-state index in [9.17, 15) is 9.59 Å². The van der Waals surface area contributed by atoms with E-state index in [4.69, 9.17) is 16.1 Å². The molecule has 1 aliphatic rings. The van der Waals surface area contributed by atoms with Crippen molar-refractivity contribution in [1.82, 2.24) is 19.9 Å². The average molecular weight is 419 g/mol. The Balaban J connectivity index is 1.76. The summed E-state index contributed by atoms with van der Waals surface area (Å²) in [6, 6.07) is 6.95. The van der Waals surface area contributed by atoms with Gasteiger partial charge in [0.05, 0.1) is 6.54 Å². The molecule has 2 heterocycles. The van der Waals surface area contributed by atoms with E-state index in [1.165, 1.54) is 4.90 Å². The summed E-state index contributed by atoms with van der Waals surface area (Å²) in [4.78, 5) is 33.2. The van der Waals surface area contributed by atoms with E-state index < -0.39 is 5.41 Å². The third kappa shape index (κ3) is 4.96. The zero-order valence-corrected chi connectivity index (χ0v) is 18.1. The van der Waals surface area contributed by atoms with Crippen LogP contribution in [0.5, 0.6) is 0 Å². The highest BCUT2D eigenvalue weighted by atomic mass is 35.5. The van der Waals surface area contributed by atoms with Crippen LogP contribution in [0.3, 0.4) is 0 Å². The lowest BCUT2D eigenvalue weighted by Gasteiger charge is -2.35. The van der Waals surface area contributed by atoms with Gasteiger partial charge in [-0.25, -0.2) is 0 Å². The minimum absolute atomic E-state index is 0.0297. The maximum atomic E-state index is 13.0. The lowest BCUT2D eigenvalue weighted by Crippen LogP contribution is -2.47. The molecule has 3 rings (SSSR count). The van der Waals surface area contributed by atoms with E-state index in [0.29, 0.717) is 23.3 Å². The number of carbonyl (C=O) groups excluding carboxylic acids is 2. The monoisotopic (exact) mass is 418 g/mol. The van der Waals surface area contributed by atoms with Crippen LogP contribution in [0.1, 0.15) is 52.0 Å². The number of benzene rings is 1. The molecule has 29 heavy (non-hydrogen) atoms. The molecule has 1 aliphatic heterocycles. The molecule has 1 aromatic carbocycles. The van der Waals surface area contributed by atoms with Gasteiger partial charge in [0.1, 0.15) is 6.04 Å². The summed E-state index contributed by atoms with van der Waals surface area (Å²) in [5.74, 6) is 0.677. The number of hydrogen-bond donors (Lipinski definition) is 0. The van der Waals surface area contributed by atoms with E-state index >= 15 is 0 Å². The highest BCUT2D eigenvalue weighted by molar-refractivity contribution is 6.30. The van der Waals surface area contributed by atoms with Crippen LogP contribution in [0.25, 0.3) is 11.4 Å². The molecule has 1 saturated heterocycles. The Morgan fingerprint density at radius 1 is 1.31 bits per heavy atom. The molecular formula is C21H27ClN4O3. The zero-order valence-electron chi connectivity index (χ0n) is 17.3. The molecule has 2 amide bonds. The van der Waals surface area contributed by atoms with Crippen molar-refractivity contribution >= 4 is 23.4 Å². The molecule has 0 spiro atoms. The van der Waals surface area contributed by atoms with Gasteiger partial charge in [-0.15, -0.1) is 0 Å². The summed E-state index contributed by atoms with van der Waals surface area (Å²) < 4.78 is 5.51. The van der Waals surface area contributed by atoms with Crippen LogP contribution in [0.4, 0.5) is 0 Å². The molecule has 0 N–H and O–H groups in total. The Morgan fingerprint density at radius 3 is 2.76 bits per heavy atom. The SMILES string of the molecule is CN(CC(=O)N1CCCCC1c1nc(-c2cccc(Cl)c2)no1)C(=O)C(C)(C)C. The third-order valence-electron chi connectivity index (χ3n) is 4.99. The molecule has 0 saturated carbocycles. The summed E-state index contributed by atoms with van der Waals surface area (Å²) in [5.41, 5.74) is 0.228. The number of aromatic nitrogens is 2. The van der Waals surface area contributed by atoms with E-state index in [2.05, 4.69) is 10.1 Å². The lowest BCUT2D eigenvalue weighted by molar-refractivity contribution is -0.146. The first-order valence-electron chi connectivity index (χ1n) is 9.81. The van der Waals surface area contributed by atoms with Gasteiger partial charge >= 0.3 is 0 Å². The Bertz CT molecular complexity index is 890. The molecule has 1 fully saturated rings. The van der Waals surface area contributed by atoms with Gasteiger partial charge in [-0.1, -0.05) is 49.7 Å². The number of nitrogens with zero attached hydrogens (tertiary/aromatic N) is 4. The first-order chi connectivity index (χ1) is 13.7. The molecule has 1 atom stereocenters. The summed E-state index contributed by atoms with van der Waals surface area (Å²) in [6.45, 7) is 6.17. The van der Waals surface area contributed by atoms with Crippen molar-refractivity contribution in [1.29, 1.82) is 0 Å². The van der Waals surface area contributed by atoms with Gasteiger partial charge in [0.25, 0.3) is 0 Å². The van der Waals surface area contributed by atoms with Gasteiger partial charge in [0.2, 0.25) is 23.5 Å². The van der Waals surface area contributed by atoms with Crippen LogP contribution in [0.2, 0.25) is 5.02 Å². The Morgan fingerprint density at radius 2 is 2.07 bits per heavy atom. The molecule has 0 bridgehead atoms. The second kappa shape index (κ2) is 8.53. The smallest absolute Gasteiger partial charge is 0.249 e. The first-order valence-corrected chi connectivity index (χ1v) is 10.2. The van der Waals surface area contributed by atoms with Crippen LogP contribution >= 0.6 is 11.6 Å². The minimum atomic E-state index is -0.533. The Hall–Kier alpha value is -2.41. The van der Waals surface area contributed by atoms with Crippen LogP contribution in [-0.4, -0.2) is 51.9 Å². The van der Waals surface area contributed by atoms with Crippen molar-refractivity contribution in [2.24, 2.45) is 5.41 Å². The molecule has 1 unspecified atom stereocenters. The van der Waals surface area contributed by atoms with Crippen molar-refractivity contribution < 1.29 is 14.1 Å². The zero-order chi connectivity index (χ0) is 21.2. The van der Waals surface area contributed by atoms with E-state index in [-0.39, 0.29) is 24.4 Å². The minimum Gasteiger partial charge on any atom is -0.337 e. The third-order valence-corrected chi connectivity index (χ3v) is 5.23. The predicted octanol–water partition coefficient (Wildman–Crippen LogP) is 3.95. The van der Waals surface area contributed by atoms with Crippen molar-refractivity contribution in [3.63, 3.8) is 0 Å². The summed E-state index contributed by atoms with van der Waals surface area (Å²) in [6.07, 6.45) is 2.63. The van der Waals surface area contributed by atoms with Gasteiger partial charge in [-0.3, -0.25) is 9.59 Å². The molecule has 156 valence electrons. The standard InChI is InChI=1S/C21H27ClN4O3/c1-21(2,3)20(28)25(4)13-17(27)26-11-6-5-10-16(26)19-23-18(24-29-19)14-8-7-9-15(22)12-14/h7-9,12,16H,5-6,10-11,13H2,1-4H3. The number of hydrogen-bond acceptors (Lipinski definition) is 5.